The van der Waals surface area contributed by atoms with E-state index in [1.165, 1.54) is 23.2 Å². The predicted molar refractivity (Wildman–Crippen MR) is 118 cm³/mol. The van der Waals surface area contributed by atoms with Gasteiger partial charge in [0.2, 0.25) is 0 Å². The van der Waals surface area contributed by atoms with Crippen molar-refractivity contribution in [3.8, 4) is 5.75 Å². The van der Waals surface area contributed by atoms with Crippen LogP contribution in [0.5, 0.6) is 5.75 Å². The molecule has 30 heavy (non-hydrogen) atoms. The minimum absolute atomic E-state index is 0.253. The highest BCUT2D eigenvalue weighted by molar-refractivity contribution is 7.22. The van der Waals surface area contributed by atoms with Crippen molar-refractivity contribution in [1.82, 2.24) is 20.4 Å². The SMILES string of the molecule is COc1ccc(C(=O)NNc2ncnc(Nc3nc4ccc(C)cc4s3)c2N)cc1. The Balaban J connectivity index is 1.47. The first kappa shape index (κ1) is 19.4. The Kier molecular flexibility index (Phi) is 5.31. The molecule has 0 fully saturated rings. The van der Waals surface area contributed by atoms with E-state index in [-0.39, 0.29) is 17.4 Å². The highest BCUT2D eigenvalue weighted by atomic mass is 32.1. The number of nitrogens with zero attached hydrogens (tertiary/aromatic N) is 3. The van der Waals surface area contributed by atoms with Crippen molar-refractivity contribution in [1.29, 1.82) is 0 Å². The van der Waals surface area contributed by atoms with Gasteiger partial charge >= 0.3 is 0 Å². The maximum atomic E-state index is 12.3. The fraction of sp³-hybridized carbons (Fsp3) is 0.100. The van der Waals surface area contributed by atoms with Crippen LogP contribution in [0, 0.1) is 6.92 Å². The van der Waals surface area contributed by atoms with Crippen LogP contribution >= 0.6 is 11.3 Å². The smallest absolute Gasteiger partial charge is 0.269 e. The van der Waals surface area contributed by atoms with Crippen LogP contribution in [0.1, 0.15) is 15.9 Å². The Labute approximate surface area is 176 Å². The number of amides is 1. The van der Waals surface area contributed by atoms with Crippen LogP contribution in [0.2, 0.25) is 0 Å². The zero-order valence-electron chi connectivity index (χ0n) is 16.3. The molecule has 0 aliphatic heterocycles. The number of anilines is 4. The van der Waals surface area contributed by atoms with Crippen molar-refractivity contribution < 1.29 is 9.53 Å². The quantitative estimate of drug-likeness (QED) is 0.349. The van der Waals surface area contributed by atoms with E-state index >= 15 is 0 Å². The average Bonchev–Trinajstić information content (AvgIpc) is 3.15. The van der Waals surface area contributed by atoms with E-state index in [0.29, 0.717) is 22.3 Å². The van der Waals surface area contributed by atoms with Crippen LogP contribution < -0.4 is 26.6 Å². The summed E-state index contributed by atoms with van der Waals surface area (Å²) in [4.78, 5) is 25.1. The summed E-state index contributed by atoms with van der Waals surface area (Å²) in [6.45, 7) is 2.03. The molecule has 9 nitrogen and oxygen atoms in total. The number of hydrazine groups is 1. The summed E-state index contributed by atoms with van der Waals surface area (Å²) in [5.74, 6) is 0.986. The van der Waals surface area contributed by atoms with Crippen LogP contribution in [0.25, 0.3) is 10.2 Å². The molecular formula is C20H19N7O2S. The number of thiazole rings is 1. The number of carbonyl (C=O) groups is 1. The van der Waals surface area contributed by atoms with Gasteiger partial charge in [-0.25, -0.2) is 15.0 Å². The van der Waals surface area contributed by atoms with E-state index in [0.717, 1.165) is 10.2 Å². The molecule has 0 aliphatic carbocycles. The van der Waals surface area contributed by atoms with Crippen LogP contribution in [-0.2, 0) is 0 Å². The Morgan fingerprint density at radius 1 is 1.10 bits per heavy atom. The van der Waals surface area contributed by atoms with Gasteiger partial charge in [-0.1, -0.05) is 17.4 Å². The normalized spacial score (nSPS) is 10.6. The largest absolute Gasteiger partial charge is 0.497 e. The molecule has 0 radical (unpaired) electrons. The Hall–Kier alpha value is -3.92. The van der Waals surface area contributed by atoms with Gasteiger partial charge in [-0.05, 0) is 48.9 Å². The molecule has 0 spiro atoms. The monoisotopic (exact) mass is 421 g/mol. The van der Waals surface area contributed by atoms with E-state index in [1.54, 1.807) is 31.4 Å². The summed E-state index contributed by atoms with van der Waals surface area (Å²) >= 11 is 1.50. The molecule has 0 saturated heterocycles. The molecular weight excluding hydrogens is 402 g/mol. The molecule has 2 heterocycles. The van der Waals surface area contributed by atoms with Gasteiger partial charge in [0.25, 0.3) is 5.91 Å². The molecule has 1 amide bonds. The fourth-order valence-electron chi connectivity index (χ4n) is 2.71. The number of hydrogen-bond donors (Lipinski definition) is 4. The third-order valence-corrected chi connectivity index (χ3v) is 5.23. The number of benzene rings is 2. The van der Waals surface area contributed by atoms with Crippen molar-refractivity contribution in [2.45, 2.75) is 6.92 Å². The Morgan fingerprint density at radius 2 is 1.87 bits per heavy atom. The zero-order chi connectivity index (χ0) is 21.1. The second kappa shape index (κ2) is 8.21. The summed E-state index contributed by atoms with van der Waals surface area (Å²) in [6.07, 6.45) is 1.35. The van der Waals surface area contributed by atoms with E-state index in [1.807, 2.05) is 19.1 Å². The second-order valence-electron chi connectivity index (χ2n) is 6.41. The van der Waals surface area contributed by atoms with E-state index in [4.69, 9.17) is 10.5 Å². The van der Waals surface area contributed by atoms with E-state index < -0.39 is 0 Å². The molecule has 2 aromatic heterocycles. The molecule has 0 atom stereocenters. The summed E-state index contributed by atoms with van der Waals surface area (Å²) in [5, 5.41) is 3.78. The number of nitrogens with one attached hydrogen (secondary N) is 3. The van der Waals surface area contributed by atoms with Crippen molar-refractivity contribution in [2.75, 3.05) is 23.6 Å². The standard InChI is InChI=1S/C20H19N7O2S/c1-11-3-8-14-15(9-11)30-20(24-14)25-17-16(21)18(23-10-22-17)26-27-19(28)12-4-6-13(29-2)7-5-12/h3-10H,21H2,1-2H3,(H,27,28)(H2,22,23,24,25,26). The number of fused-ring (bicyclic) bond motifs is 1. The first-order chi connectivity index (χ1) is 14.5. The van der Waals surface area contributed by atoms with Gasteiger partial charge in [0.15, 0.2) is 16.8 Å². The maximum absolute atomic E-state index is 12.3. The lowest BCUT2D eigenvalue weighted by Crippen LogP contribution is -2.30. The van der Waals surface area contributed by atoms with Gasteiger partial charge < -0.3 is 15.8 Å². The Morgan fingerprint density at radius 3 is 2.63 bits per heavy atom. The lowest BCUT2D eigenvalue weighted by Gasteiger charge is -2.12. The van der Waals surface area contributed by atoms with E-state index in [2.05, 4.69) is 37.2 Å². The van der Waals surface area contributed by atoms with Crippen LogP contribution in [-0.4, -0.2) is 28.0 Å². The van der Waals surface area contributed by atoms with Gasteiger partial charge in [0.05, 0.1) is 17.3 Å². The van der Waals surface area contributed by atoms with Gasteiger partial charge in [-0.2, -0.15) is 0 Å². The number of carbonyl (C=O) groups excluding carboxylic acids is 1. The zero-order valence-corrected chi connectivity index (χ0v) is 17.1. The minimum Gasteiger partial charge on any atom is -0.497 e. The lowest BCUT2D eigenvalue weighted by molar-refractivity contribution is 0.0962. The van der Waals surface area contributed by atoms with Gasteiger partial charge in [-0.15, -0.1) is 0 Å². The van der Waals surface area contributed by atoms with Gasteiger partial charge in [0, 0.05) is 5.56 Å². The Bertz CT molecular complexity index is 1210. The molecule has 0 unspecified atom stereocenters. The number of hydrogen-bond acceptors (Lipinski definition) is 9. The number of ether oxygens (including phenoxy) is 1. The van der Waals surface area contributed by atoms with Crippen molar-refractivity contribution in [3.05, 3.63) is 59.9 Å². The van der Waals surface area contributed by atoms with Gasteiger partial charge in [-0.3, -0.25) is 15.6 Å². The van der Waals surface area contributed by atoms with Crippen LogP contribution in [0.15, 0.2) is 48.8 Å². The molecule has 0 bridgehead atoms. The van der Waals surface area contributed by atoms with Crippen molar-refractivity contribution in [3.63, 3.8) is 0 Å². The summed E-state index contributed by atoms with van der Waals surface area (Å²) < 4.78 is 6.15. The molecule has 2 aromatic carbocycles. The highest BCUT2D eigenvalue weighted by Gasteiger charge is 2.12. The third-order valence-electron chi connectivity index (χ3n) is 4.30. The first-order valence-electron chi connectivity index (χ1n) is 8.98. The summed E-state index contributed by atoms with van der Waals surface area (Å²) in [6, 6.07) is 12.8. The molecule has 10 heteroatoms. The maximum Gasteiger partial charge on any atom is 0.269 e. The molecule has 0 aliphatic rings. The third kappa shape index (κ3) is 4.08. The van der Waals surface area contributed by atoms with Crippen LogP contribution in [0.4, 0.5) is 22.5 Å². The molecule has 152 valence electrons. The first-order valence-corrected chi connectivity index (χ1v) is 9.80. The highest BCUT2D eigenvalue weighted by Crippen LogP contribution is 2.31. The number of methoxy groups -OCH3 is 1. The number of aromatic nitrogens is 3. The molecule has 5 N–H and O–H groups in total. The van der Waals surface area contributed by atoms with Gasteiger partial charge in [0.1, 0.15) is 17.8 Å². The second-order valence-corrected chi connectivity index (χ2v) is 7.44. The predicted octanol–water partition coefficient (Wildman–Crippen LogP) is 3.49. The number of nitrogen functional groups attached to an aromatic ring is 1. The molecule has 4 aromatic rings. The van der Waals surface area contributed by atoms with E-state index in [9.17, 15) is 4.79 Å². The fourth-order valence-corrected chi connectivity index (χ4v) is 3.67. The average molecular weight is 421 g/mol. The van der Waals surface area contributed by atoms with Crippen molar-refractivity contribution >= 4 is 49.9 Å². The minimum atomic E-state index is -0.341. The number of nitrogens with two attached hydrogens (primary N) is 1. The van der Waals surface area contributed by atoms with Crippen LogP contribution in [0.3, 0.4) is 0 Å². The molecule has 0 saturated carbocycles. The summed E-state index contributed by atoms with van der Waals surface area (Å²) in [5.41, 5.74) is 14.2. The number of rotatable bonds is 6. The lowest BCUT2D eigenvalue weighted by atomic mass is 10.2. The topological polar surface area (TPSA) is 127 Å². The summed E-state index contributed by atoms with van der Waals surface area (Å²) in [7, 11) is 1.56. The molecule has 4 rings (SSSR count). The van der Waals surface area contributed by atoms with Crippen molar-refractivity contribution in [2.24, 2.45) is 0 Å². The number of aryl methyl sites for hydroxylation is 1.